The van der Waals surface area contributed by atoms with E-state index in [0.29, 0.717) is 12.1 Å². The summed E-state index contributed by atoms with van der Waals surface area (Å²) in [6.45, 7) is 8.85. The van der Waals surface area contributed by atoms with Crippen LogP contribution in [0.5, 0.6) is 0 Å². The van der Waals surface area contributed by atoms with Crippen molar-refractivity contribution in [3.05, 3.63) is 60.9 Å². The van der Waals surface area contributed by atoms with E-state index in [2.05, 4.69) is 44.7 Å². The number of carbonyl (C=O) groups excluding carboxylic acids is 3. The van der Waals surface area contributed by atoms with Crippen molar-refractivity contribution in [1.29, 1.82) is 0 Å². The van der Waals surface area contributed by atoms with Gasteiger partial charge in [-0.2, -0.15) is 0 Å². The molecule has 3 amide bonds. The highest BCUT2D eigenvalue weighted by Gasteiger charge is 2.18. The number of aromatic nitrogens is 2. The van der Waals surface area contributed by atoms with Crippen molar-refractivity contribution in [2.24, 2.45) is 5.73 Å². The lowest BCUT2D eigenvalue weighted by atomic mass is 10.0. The average molecular weight is 532 g/mol. The number of rotatable bonds is 12. The van der Waals surface area contributed by atoms with Crippen LogP contribution < -0.4 is 21.3 Å². The maximum atomic E-state index is 13.2. The van der Waals surface area contributed by atoms with Gasteiger partial charge < -0.3 is 30.7 Å². The molecule has 1 aliphatic heterocycles. The molecule has 10 nitrogen and oxygen atoms in total. The van der Waals surface area contributed by atoms with Crippen LogP contribution in [0.25, 0.3) is 22.0 Å². The average Bonchev–Trinajstić information content (AvgIpc) is 3.35. The number of aryl methyl sites for hydroxylation is 1. The number of nitrogens with one attached hydrogen (secondary N) is 2. The van der Waals surface area contributed by atoms with E-state index in [4.69, 9.17) is 10.7 Å². The highest BCUT2D eigenvalue weighted by molar-refractivity contribution is 6.08. The first kappa shape index (κ1) is 27.8. The molecule has 0 aliphatic carbocycles. The monoisotopic (exact) mass is 531 g/mol. The number of pyridine rings is 1. The third-order valence-corrected chi connectivity index (χ3v) is 7.01. The molecule has 39 heavy (non-hydrogen) atoms. The molecule has 2 aromatic heterocycles. The summed E-state index contributed by atoms with van der Waals surface area (Å²) in [5.74, 6) is 0.0562. The second-order valence-corrected chi connectivity index (χ2v) is 9.84. The van der Waals surface area contributed by atoms with Crippen LogP contribution in [0.2, 0.25) is 0 Å². The van der Waals surface area contributed by atoms with Crippen LogP contribution in [0.15, 0.2) is 55.4 Å². The number of hydrogen-bond donors (Lipinski definition) is 3. The molecule has 0 unspecified atom stereocenters. The minimum absolute atomic E-state index is 0.0790. The Bertz CT molecular complexity index is 1320. The SMILES string of the molecule is C=CC(=O)NCCCCn1ccc2c(C(=O)NCCC(N)=O)cc(-c3ccc(N4CCN(C)CC4)nc3)cc21. The first-order chi connectivity index (χ1) is 18.9. The van der Waals surface area contributed by atoms with Gasteiger partial charge in [-0.05, 0) is 61.9 Å². The lowest BCUT2D eigenvalue weighted by molar-refractivity contribution is -0.118. The fourth-order valence-corrected chi connectivity index (χ4v) is 4.71. The Morgan fingerprint density at radius 2 is 1.82 bits per heavy atom. The summed E-state index contributed by atoms with van der Waals surface area (Å²) in [4.78, 5) is 45.0. The zero-order valence-electron chi connectivity index (χ0n) is 22.5. The Kier molecular flexibility index (Phi) is 9.32. The van der Waals surface area contributed by atoms with Gasteiger partial charge in [-0.1, -0.05) is 6.58 Å². The number of unbranched alkanes of at least 4 members (excludes halogenated alkanes) is 1. The van der Waals surface area contributed by atoms with Crippen LogP contribution in [0.4, 0.5) is 5.82 Å². The van der Waals surface area contributed by atoms with Gasteiger partial charge in [0, 0.05) is 86.7 Å². The largest absolute Gasteiger partial charge is 0.370 e. The van der Waals surface area contributed by atoms with Gasteiger partial charge in [-0.3, -0.25) is 14.4 Å². The first-order valence-corrected chi connectivity index (χ1v) is 13.4. The van der Waals surface area contributed by atoms with E-state index in [1.807, 2.05) is 36.7 Å². The molecular weight excluding hydrogens is 494 g/mol. The smallest absolute Gasteiger partial charge is 0.252 e. The van der Waals surface area contributed by atoms with Crippen molar-refractivity contribution in [1.82, 2.24) is 25.1 Å². The number of nitrogens with two attached hydrogens (primary N) is 1. The van der Waals surface area contributed by atoms with E-state index < -0.39 is 5.91 Å². The number of fused-ring (bicyclic) bond motifs is 1. The van der Waals surface area contributed by atoms with Gasteiger partial charge in [-0.25, -0.2) is 4.98 Å². The number of likely N-dealkylation sites (N-methyl/N-ethyl adjacent to an activating group) is 1. The number of amides is 3. The first-order valence-electron chi connectivity index (χ1n) is 13.4. The van der Waals surface area contributed by atoms with Gasteiger partial charge in [0.2, 0.25) is 11.8 Å². The van der Waals surface area contributed by atoms with Crippen LogP contribution in [0.1, 0.15) is 29.6 Å². The number of benzene rings is 1. The third kappa shape index (κ3) is 7.23. The number of nitrogens with zero attached hydrogens (tertiary/aromatic N) is 4. The van der Waals surface area contributed by atoms with Gasteiger partial charge in [-0.15, -0.1) is 0 Å². The minimum Gasteiger partial charge on any atom is -0.370 e. The van der Waals surface area contributed by atoms with E-state index in [1.54, 1.807) is 0 Å². The summed E-state index contributed by atoms with van der Waals surface area (Å²) in [6, 6.07) is 9.99. The molecule has 1 fully saturated rings. The normalized spacial score (nSPS) is 13.8. The van der Waals surface area contributed by atoms with Crippen LogP contribution in [-0.2, 0) is 16.1 Å². The summed E-state index contributed by atoms with van der Waals surface area (Å²) < 4.78 is 2.13. The van der Waals surface area contributed by atoms with Gasteiger partial charge >= 0.3 is 0 Å². The summed E-state index contributed by atoms with van der Waals surface area (Å²) in [7, 11) is 2.13. The van der Waals surface area contributed by atoms with Gasteiger partial charge in [0.05, 0.1) is 0 Å². The summed E-state index contributed by atoms with van der Waals surface area (Å²) >= 11 is 0. The molecular formula is C29H37N7O3. The van der Waals surface area contributed by atoms with Crippen LogP contribution in [0.3, 0.4) is 0 Å². The second-order valence-electron chi connectivity index (χ2n) is 9.84. The highest BCUT2D eigenvalue weighted by Crippen LogP contribution is 2.30. The molecule has 4 rings (SSSR count). The van der Waals surface area contributed by atoms with E-state index in [1.165, 1.54) is 6.08 Å². The quantitative estimate of drug-likeness (QED) is 0.243. The van der Waals surface area contributed by atoms with Gasteiger partial charge in [0.1, 0.15) is 5.82 Å². The maximum absolute atomic E-state index is 13.2. The van der Waals surface area contributed by atoms with E-state index >= 15 is 0 Å². The highest BCUT2D eigenvalue weighted by atomic mass is 16.2. The standard InChI is InChI=1S/C29H37N7O3/c1-3-28(38)31-10-4-5-12-35-13-9-23-24(29(39)32-11-8-26(30)37)18-22(19-25(23)35)21-6-7-27(33-20-21)36-16-14-34(2)15-17-36/h3,6-7,9,13,18-20H,1,4-5,8,10-12,14-17H2,2H3,(H2,30,37)(H,31,38)(H,32,39). The molecule has 1 aromatic carbocycles. The molecule has 0 saturated carbocycles. The molecule has 1 saturated heterocycles. The summed E-state index contributed by atoms with van der Waals surface area (Å²) in [5.41, 5.74) is 8.52. The Hall–Kier alpha value is -4.18. The Labute approximate surface area is 228 Å². The fourth-order valence-electron chi connectivity index (χ4n) is 4.71. The van der Waals surface area contributed by atoms with E-state index in [9.17, 15) is 14.4 Å². The molecule has 0 radical (unpaired) electrons. The van der Waals surface area contributed by atoms with Crippen molar-refractivity contribution < 1.29 is 14.4 Å². The van der Waals surface area contributed by atoms with Gasteiger partial charge in [0.25, 0.3) is 5.91 Å². The van der Waals surface area contributed by atoms with Crippen LogP contribution in [-0.4, -0.2) is 78.5 Å². The molecule has 0 atom stereocenters. The number of hydrogen-bond acceptors (Lipinski definition) is 6. The molecule has 0 spiro atoms. The molecule has 10 heteroatoms. The second kappa shape index (κ2) is 13.1. The number of anilines is 1. The van der Waals surface area contributed by atoms with Gasteiger partial charge in [0.15, 0.2) is 0 Å². The summed E-state index contributed by atoms with van der Waals surface area (Å²) in [6.07, 6.45) is 6.86. The molecule has 1 aliphatic rings. The van der Waals surface area contributed by atoms with E-state index in [0.717, 1.165) is 73.4 Å². The molecule has 3 aromatic rings. The lowest BCUT2D eigenvalue weighted by Gasteiger charge is -2.33. The zero-order valence-corrected chi connectivity index (χ0v) is 22.5. The van der Waals surface area contributed by atoms with Crippen molar-refractivity contribution in [3.63, 3.8) is 0 Å². The van der Waals surface area contributed by atoms with Crippen molar-refractivity contribution in [2.45, 2.75) is 25.8 Å². The topological polar surface area (TPSA) is 126 Å². The summed E-state index contributed by atoms with van der Waals surface area (Å²) in [5, 5.41) is 6.45. The molecule has 206 valence electrons. The number of carbonyl (C=O) groups is 3. The Morgan fingerprint density at radius 1 is 1.03 bits per heavy atom. The number of primary amides is 1. The van der Waals surface area contributed by atoms with E-state index in [-0.39, 0.29) is 24.8 Å². The fraction of sp³-hybridized carbons (Fsp3) is 0.379. The molecule has 4 N–H and O–H groups in total. The lowest BCUT2D eigenvalue weighted by Crippen LogP contribution is -2.44. The predicted octanol–water partition coefficient (Wildman–Crippen LogP) is 2.14. The van der Waals surface area contributed by atoms with Crippen molar-refractivity contribution in [2.75, 3.05) is 51.2 Å². The Morgan fingerprint density at radius 3 is 2.51 bits per heavy atom. The van der Waals surface area contributed by atoms with Crippen LogP contribution in [0, 0.1) is 0 Å². The molecule has 0 bridgehead atoms. The number of piperazine rings is 1. The van der Waals surface area contributed by atoms with Crippen molar-refractivity contribution in [3.8, 4) is 11.1 Å². The maximum Gasteiger partial charge on any atom is 0.252 e. The van der Waals surface area contributed by atoms with Crippen molar-refractivity contribution >= 4 is 34.4 Å². The Balaban J connectivity index is 1.58. The zero-order chi connectivity index (χ0) is 27.8. The third-order valence-electron chi connectivity index (χ3n) is 7.01. The predicted molar refractivity (Wildman–Crippen MR) is 153 cm³/mol. The minimum atomic E-state index is -0.462. The molecule has 3 heterocycles. The van der Waals surface area contributed by atoms with Crippen LogP contribution >= 0.6 is 0 Å².